The fourth-order valence-electron chi connectivity index (χ4n) is 2.86. The first kappa shape index (κ1) is 16.1. The molecule has 2 aromatic rings. The first-order chi connectivity index (χ1) is 10.9. The van der Waals surface area contributed by atoms with Crippen molar-refractivity contribution in [3.63, 3.8) is 0 Å². The van der Waals surface area contributed by atoms with Crippen molar-refractivity contribution in [3.05, 3.63) is 40.2 Å². The average molecular weight is 331 g/mol. The molecule has 0 amide bonds. The number of aromatic nitrogens is 2. The van der Waals surface area contributed by atoms with Crippen LogP contribution in [0.3, 0.4) is 0 Å². The number of fused-ring (bicyclic) bond motifs is 3. The molecule has 124 valence electrons. The summed E-state index contributed by atoms with van der Waals surface area (Å²) in [5.74, 6) is 0. The highest BCUT2D eigenvalue weighted by molar-refractivity contribution is 6.76. The number of hydrogen-bond acceptors (Lipinski definition) is 3. The second-order valence-electron chi connectivity index (χ2n) is 7.42. The van der Waals surface area contributed by atoms with E-state index in [9.17, 15) is 4.79 Å². The van der Waals surface area contributed by atoms with Crippen LogP contribution in [0.5, 0.6) is 0 Å². The standard InChI is InChI=1S/C17H25N3O2Si/c1-19-11-14-16(13-7-5-6-8-15(13)19)18-20(17(14)21)12-22-9-10-23(2,3)4/h5-8,18H,9-12H2,1-4H3. The van der Waals surface area contributed by atoms with E-state index in [1.54, 1.807) is 4.68 Å². The van der Waals surface area contributed by atoms with Crippen LogP contribution in [0, 0.1) is 0 Å². The molecule has 23 heavy (non-hydrogen) atoms. The highest BCUT2D eigenvalue weighted by Gasteiger charge is 2.25. The Balaban J connectivity index is 1.81. The smallest absolute Gasteiger partial charge is 0.274 e. The SMILES string of the molecule is CN1Cc2c([nH]n(COCC[Si](C)(C)C)c2=O)-c2ccccc21. The summed E-state index contributed by atoms with van der Waals surface area (Å²) in [5, 5.41) is 3.24. The molecule has 3 rings (SSSR count). The van der Waals surface area contributed by atoms with Gasteiger partial charge in [-0.05, 0) is 12.1 Å². The van der Waals surface area contributed by atoms with Crippen molar-refractivity contribution in [1.82, 2.24) is 9.78 Å². The predicted octanol–water partition coefficient (Wildman–Crippen LogP) is 3.11. The molecule has 0 radical (unpaired) electrons. The van der Waals surface area contributed by atoms with Gasteiger partial charge in [0.1, 0.15) is 6.73 Å². The van der Waals surface area contributed by atoms with Crippen LogP contribution >= 0.6 is 0 Å². The van der Waals surface area contributed by atoms with Gasteiger partial charge in [-0.3, -0.25) is 9.89 Å². The average Bonchev–Trinajstić information content (AvgIpc) is 2.80. The number of benzene rings is 1. The molecule has 1 aromatic carbocycles. The summed E-state index contributed by atoms with van der Waals surface area (Å²) in [4.78, 5) is 14.7. The molecule has 0 bridgehead atoms. The van der Waals surface area contributed by atoms with Crippen molar-refractivity contribution in [1.29, 1.82) is 0 Å². The molecule has 0 atom stereocenters. The highest BCUT2D eigenvalue weighted by atomic mass is 28.3. The van der Waals surface area contributed by atoms with E-state index < -0.39 is 8.07 Å². The highest BCUT2D eigenvalue weighted by Crippen LogP contribution is 2.35. The third-order valence-corrected chi connectivity index (χ3v) is 5.95. The molecule has 0 spiro atoms. The Morgan fingerprint density at radius 3 is 2.74 bits per heavy atom. The van der Waals surface area contributed by atoms with Gasteiger partial charge in [-0.25, -0.2) is 4.68 Å². The van der Waals surface area contributed by atoms with E-state index in [0.717, 1.165) is 28.6 Å². The van der Waals surface area contributed by atoms with E-state index in [2.05, 4.69) is 41.8 Å². The van der Waals surface area contributed by atoms with E-state index in [4.69, 9.17) is 4.74 Å². The number of aromatic amines is 1. The fourth-order valence-corrected chi connectivity index (χ4v) is 3.61. The van der Waals surface area contributed by atoms with Crippen molar-refractivity contribution >= 4 is 13.8 Å². The van der Waals surface area contributed by atoms with Gasteiger partial charge in [0.15, 0.2) is 0 Å². The second kappa shape index (κ2) is 6.01. The zero-order valence-electron chi connectivity index (χ0n) is 14.3. The lowest BCUT2D eigenvalue weighted by Crippen LogP contribution is -2.27. The van der Waals surface area contributed by atoms with Crippen LogP contribution in [-0.4, -0.2) is 31.5 Å². The Morgan fingerprint density at radius 1 is 1.26 bits per heavy atom. The van der Waals surface area contributed by atoms with Crippen molar-refractivity contribution in [3.8, 4) is 11.3 Å². The number of hydrogen-bond donors (Lipinski definition) is 1. The van der Waals surface area contributed by atoms with Gasteiger partial charge in [0, 0.05) is 33.0 Å². The maximum absolute atomic E-state index is 12.6. The van der Waals surface area contributed by atoms with Crippen LogP contribution in [0.4, 0.5) is 5.69 Å². The maximum Gasteiger partial charge on any atom is 0.274 e. The molecule has 0 aliphatic carbocycles. The van der Waals surface area contributed by atoms with Gasteiger partial charge in [-0.2, -0.15) is 0 Å². The fraction of sp³-hybridized carbons (Fsp3) is 0.471. The van der Waals surface area contributed by atoms with Crippen LogP contribution < -0.4 is 10.5 Å². The molecule has 0 saturated carbocycles. The summed E-state index contributed by atoms with van der Waals surface area (Å²) in [6.07, 6.45) is 0. The van der Waals surface area contributed by atoms with Crippen molar-refractivity contribution < 1.29 is 4.74 Å². The molecular weight excluding hydrogens is 306 g/mol. The number of nitrogens with zero attached hydrogens (tertiary/aromatic N) is 2. The monoisotopic (exact) mass is 331 g/mol. The number of anilines is 1. The number of rotatable bonds is 5. The zero-order valence-corrected chi connectivity index (χ0v) is 15.3. The Hall–Kier alpha value is -1.79. The molecular formula is C17H25N3O2Si. The molecule has 6 heteroatoms. The van der Waals surface area contributed by atoms with E-state index in [1.165, 1.54) is 0 Å². The van der Waals surface area contributed by atoms with Gasteiger partial charge in [-0.15, -0.1) is 0 Å². The Kier molecular flexibility index (Phi) is 4.20. The molecule has 2 heterocycles. The Bertz CT molecular complexity index is 758. The third-order valence-electron chi connectivity index (χ3n) is 4.25. The van der Waals surface area contributed by atoms with Crippen molar-refractivity contribution in [2.45, 2.75) is 39.0 Å². The maximum atomic E-state index is 12.6. The van der Waals surface area contributed by atoms with Crippen LogP contribution in [0.15, 0.2) is 29.1 Å². The molecule has 1 N–H and O–H groups in total. The van der Waals surface area contributed by atoms with Crippen LogP contribution in [0.1, 0.15) is 5.56 Å². The minimum atomic E-state index is -1.10. The first-order valence-corrected chi connectivity index (χ1v) is 11.8. The summed E-state index contributed by atoms with van der Waals surface area (Å²) in [7, 11) is 0.913. The minimum Gasteiger partial charge on any atom is -0.369 e. The lowest BCUT2D eigenvalue weighted by atomic mass is 10.0. The molecule has 1 aliphatic heterocycles. The van der Waals surface area contributed by atoms with Crippen LogP contribution in [0.25, 0.3) is 11.3 Å². The lowest BCUT2D eigenvalue weighted by Gasteiger charge is -2.26. The summed E-state index contributed by atoms with van der Waals surface area (Å²) in [6, 6.07) is 9.26. The third kappa shape index (κ3) is 3.28. The topological polar surface area (TPSA) is 50.3 Å². The van der Waals surface area contributed by atoms with E-state index in [0.29, 0.717) is 19.9 Å². The summed E-state index contributed by atoms with van der Waals surface area (Å²) in [5.41, 5.74) is 3.99. The lowest BCUT2D eigenvalue weighted by molar-refractivity contribution is 0.0764. The van der Waals surface area contributed by atoms with Gasteiger partial charge in [-0.1, -0.05) is 37.8 Å². The summed E-state index contributed by atoms with van der Waals surface area (Å²) < 4.78 is 7.31. The molecule has 1 aliphatic rings. The van der Waals surface area contributed by atoms with Gasteiger partial charge in [0.25, 0.3) is 5.56 Å². The molecule has 0 saturated heterocycles. The van der Waals surface area contributed by atoms with Gasteiger partial charge in [0.2, 0.25) is 0 Å². The van der Waals surface area contributed by atoms with Gasteiger partial charge >= 0.3 is 0 Å². The molecule has 0 fully saturated rings. The predicted molar refractivity (Wildman–Crippen MR) is 96.7 cm³/mol. The van der Waals surface area contributed by atoms with Gasteiger partial charge < -0.3 is 9.64 Å². The molecule has 5 nitrogen and oxygen atoms in total. The number of H-pyrrole nitrogens is 1. The first-order valence-electron chi connectivity index (χ1n) is 8.07. The van der Waals surface area contributed by atoms with Crippen molar-refractivity contribution in [2.75, 3.05) is 18.6 Å². The van der Waals surface area contributed by atoms with Crippen LogP contribution in [-0.2, 0) is 18.0 Å². The molecule has 0 unspecified atom stereocenters. The van der Waals surface area contributed by atoms with Crippen molar-refractivity contribution in [2.24, 2.45) is 0 Å². The number of ether oxygens (including phenoxy) is 1. The quantitative estimate of drug-likeness (QED) is 0.676. The number of nitrogens with one attached hydrogen (secondary N) is 1. The van der Waals surface area contributed by atoms with Crippen LogP contribution in [0.2, 0.25) is 25.7 Å². The van der Waals surface area contributed by atoms with Gasteiger partial charge in [0.05, 0.1) is 17.8 Å². The Labute approximate surface area is 137 Å². The van der Waals surface area contributed by atoms with E-state index >= 15 is 0 Å². The number of para-hydroxylation sites is 1. The zero-order chi connectivity index (χ0) is 16.6. The largest absolute Gasteiger partial charge is 0.369 e. The molecule has 1 aromatic heterocycles. The second-order valence-corrected chi connectivity index (χ2v) is 13.0. The minimum absolute atomic E-state index is 0.0226. The van der Waals surface area contributed by atoms with E-state index in [1.807, 2.05) is 19.2 Å². The van der Waals surface area contributed by atoms with E-state index in [-0.39, 0.29) is 5.56 Å². The summed E-state index contributed by atoms with van der Waals surface area (Å²) >= 11 is 0. The normalized spacial score (nSPS) is 13.8. The summed E-state index contributed by atoms with van der Waals surface area (Å²) in [6.45, 7) is 8.60. The Morgan fingerprint density at radius 2 is 2.00 bits per heavy atom.